The lowest BCUT2D eigenvalue weighted by Crippen LogP contribution is -2.68. The Morgan fingerprint density at radius 1 is 1.15 bits per heavy atom. The molecule has 0 aromatic carbocycles. The van der Waals surface area contributed by atoms with Gasteiger partial charge >= 0.3 is 5.97 Å². The second-order valence-corrected chi connectivity index (χ2v) is 10.0. The fourth-order valence-corrected chi connectivity index (χ4v) is 4.86. The van der Waals surface area contributed by atoms with E-state index in [0.717, 1.165) is 14.0 Å². The lowest BCUT2D eigenvalue weighted by Gasteiger charge is -2.47. The van der Waals surface area contributed by atoms with Gasteiger partial charge in [0.2, 0.25) is 5.91 Å². The number of ketones is 1. The average molecular weight is 584 g/mol. The molecule has 0 aliphatic carbocycles. The molecule has 2 fully saturated rings. The summed E-state index contributed by atoms with van der Waals surface area (Å²) in [6.07, 6.45) is -13.8. The number of ether oxygens (including phenoxy) is 5. The minimum Gasteiger partial charge on any atom is -0.465 e. The summed E-state index contributed by atoms with van der Waals surface area (Å²) in [7, 11) is 2.26. The molecule has 2 aliphatic heterocycles. The second-order valence-electron chi connectivity index (χ2n) is 10.0. The second kappa shape index (κ2) is 14.4. The molecule has 0 spiro atoms. The molecule has 1 amide bonds. The Bertz CT molecular complexity index is 875. The van der Waals surface area contributed by atoms with Crippen LogP contribution >= 0.6 is 0 Å². The first kappa shape index (κ1) is 34.4. The molecule has 40 heavy (non-hydrogen) atoms. The molecule has 0 aromatic rings. The Morgan fingerprint density at radius 3 is 2.35 bits per heavy atom. The summed E-state index contributed by atoms with van der Waals surface area (Å²) in [5.74, 6) is -4.57. The van der Waals surface area contributed by atoms with Gasteiger partial charge in [-0.1, -0.05) is 0 Å². The summed E-state index contributed by atoms with van der Waals surface area (Å²) < 4.78 is 26.4. The van der Waals surface area contributed by atoms with Gasteiger partial charge in [0.1, 0.15) is 41.9 Å². The summed E-state index contributed by atoms with van der Waals surface area (Å²) in [5, 5.41) is 74.3. The lowest BCUT2D eigenvalue weighted by molar-refractivity contribution is -0.318. The maximum absolute atomic E-state index is 12.7. The van der Waals surface area contributed by atoms with Gasteiger partial charge in [0.15, 0.2) is 6.29 Å². The van der Waals surface area contributed by atoms with E-state index in [0.29, 0.717) is 0 Å². The Morgan fingerprint density at radius 2 is 1.80 bits per heavy atom. The first-order valence-electron chi connectivity index (χ1n) is 12.8. The number of hydrogen-bond acceptors (Lipinski definition) is 15. The van der Waals surface area contributed by atoms with Crippen molar-refractivity contribution in [1.82, 2.24) is 5.32 Å². The smallest absolute Gasteiger partial charge is 0.366 e. The Kier molecular flexibility index (Phi) is 12.3. The van der Waals surface area contributed by atoms with Crippen molar-refractivity contribution in [2.24, 2.45) is 0 Å². The van der Waals surface area contributed by atoms with Gasteiger partial charge in [-0.15, -0.1) is 0 Å². The molecule has 2 heterocycles. The van der Waals surface area contributed by atoms with Crippen LogP contribution in [-0.4, -0.2) is 147 Å². The summed E-state index contributed by atoms with van der Waals surface area (Å²) >= 11 is 0. The number of rotatable bonds is 13. The van der Waals surface area contributed by atoms with E-state index in [2.05, 4.69) is 5.32 Å². The Balaban J connectivity index is 2.10. The first-order chi connectivity index (χ1) is 18.7. The summed E-state index contributed by atoms with van der Waals surface area (Å²) in [5.41, 5.74) is -2.11. The largest absolute Gasteiger partial charge is 0.465 e. The number of carbonyl (C=O) groups is 3. The van der Waals surface area contributed by atoms with Crippen LogP contribution in [0.4, 0.5) is 0 Å². The van der Waals surface area contributed by atoms with Crippen molar-refractivity contribution < 1.29 is 73.8 Å². The van der Waals surface area contributed by atoms with Gasteiger partial charge in [0, 0.05) is 33.3 Å². The molecule has 0 radical (unpaired) electrons. The van der Waals surface area contributed by atoms with Crippen LogP contribution in [0.2, 0.25) is 0 Å². The van der Waals surface area contributed by atoms with Gasteiger partial charge in [-0.3, -0.25) is 9.59 Å². The molecule has 0 bridgehead atoms. The molecular weight excluding hydrogens is 542 g/mol. The van der Waals surface area contributed by atoms with Crippen molar-refractivity contribution in [2.75, 3.05) is 27.4 Å². The Labute approximate surface area is 230 Å². The highest BCUT2D eigenvalue weighted by molar-refractivity contribution is 5.80. The molecule has 232 valence electrons. The van der Waals surface area contributed by atoms with Gasteiger partial charge < -0.3 is 64.7 Å². The summed E-state index contributed by atoms with van der Waals surface area (Å²) in [4.78, 5) is 37.0. The van der Waals surface area contributed by atoms with Crippen LogP contribution in [0.3, 0.4) is 0 Å². The molecule has 8 N–H and O–H groups in total. The normalized spacial score (nSPS) is 37.8. The van der Waals surface area contributed by atoms with Crippen molar-refractivity contribution in [3.8, 4) is 0 Å². The third-order valence-electron chi connectivity index (χ3n) is 7.16. The third kappa shape index (κ3) is 7.51. The fourth-order valence-electron chi connectivity index (χ4n) is 4.86. The number of Topliss-reactive ketones (excluding diaryl/α,β-unsaturated/α-hetero) is 1. The van der Waals surface area contributed by atoms with Crippen molar-refractivity contribution in [3.05, 3.63) is 0 Å². The van der Waals surface area contributed by atoms with E-state index in [1.54, 1.807) is 0 Å². The standard InChI is InChI=1S/C24H41NO15/c1-11-23(35,20(33)18(32)21(36-3)39-11)8-13(28)6-5-7-38-24(22(34)37-4)9-14(29)16(25-12(2)27)19(40-24)17(31)15(30)10-26/h11,14-21,26,29-33,35H,5-10H2,1-4H3,(H,25,27)/t11-,14-,15+,16+,17+,18-,19+,20-,21+,23+,24+/m0/s1. The minimum absolute atomic E-state index is 0.0384. The summed E-state index contributed by atoms with van der Waals surface area (Å²) in [6.45, 7) is 1.33. The van der Waals surface area contributed by atoms with Gasteiger partial charge in [-0.05, 0) is 13.3 Å². The van der Waals surface area contributed by atoms with E-state index in [1.165, 1.54) is 14.0 Å². The zero-order chi connectivity index (χ0) is 30.4. The number of aliphatic hydroxyl groups is 7. The number of hydrogen-bond donors (Lipinski definition) is 8. The van der Waals surface area contributed by atoms with E-state index in [-0.39, 0.29) is 19.4 Å². The number of amides is 1. The van der Waals surface area contributed by atoms with Gasteiger partial charge in [0.05, 0.1) is 38.6 Å². The third-order valence-corrected chi connectivity index (χ3v) is 7.16. The number of nitrogens with one attached hydrogen (secondary N) is 1. The van der Waals surface area contributed by atoms with E-state index in [4.69, 9.17) is 23.7 Å². The molecule has 16 heteroatoms. The number of methoxy groups -OCH3 is 2. The van der Waals surface area contributed by atoms with Crippen molar-refractivity contribution in [2.45, 2.75) is 106 Å². The highest BCUT2D eigenvalue weighted by Crippen LogP contribution is 2.35. The molecule has 2 rings (SSSR count). The van der Waals surface area contributed by atoms with Gasteiger partial charge in [0.25, 0.3) is 5.79 Å². The van der Waals surface area contributed by atoms with E-state index in [9.17, 15) is 50.1 Å². The van der Waals surface area contributed by atoms with Crippen LogP contribution in [0.25, 0.3) is 0 Å². The fraction of sp³-hybridized carbons (Fsp3) is 0.875. The van der Waals surface area contributed by atoms with Crippen LogP contribution in [-0.2, 0) is 38.1 Å². The Hall–Kier alpha value is -1.83. The molecule has 0 saturated carbocycles. The van der Waals surface area contributed by atoms with E-state index < -0.39 is 104 Å². The van der Waals surface area contributed by atoms with Crippen LogP contribution in [0, 0.1) is 0 Å². The zero-order valence-corrected chi connectivity index (χ0v) is 22.8. The molecule has 2 aliphatic rings. The average Bonchev–Trinajstić information content (AvgIpc) is 2.91. The highest BCUT2D eigenvalue weighted by atomic mass is 16.7. The predicted molar refractivity (Wildman–Crippen MR) is 130 cm³/mol. The quantitative estimate of drug-likeness (QED) is 0.0756. The van der Waals surface area contributed by atoms with Crippen LogP contribution in [0.1, 0.15) is 39.5 Å². The van der Waals surface area contributed by atoms with Crippen LogP contribution in [0.5, 0.6) is 0 Å². The van der Waals surface area contributed by atoms with Crippen molar-refractivity contribution in [1.29, 1.82) is 0 Å². The van der Waals surface area contributed by atoms with Crippen molar-refractivity contribution in [3.63, 3.8) is 0 Å². The zero-order valence-electron chi connectivity index (χ0n) is 22.8. The SMILES string of the molecule is COC(=O)[C@@]1(OCCCC(=O)C[C@@]2(O)[C@H](C)O[C@@H](OC)[C@@H](O)[C@@H]2O)C[C@H](O)[C@@H](NC(C)=O)[C@H]([C@H](O)[C@H](O)CO)O1. The minimum atomic E-state index is -2.31. The predicted octanol–water partition coefficient (Wildman–Crippen LogP) is -4.18. The van der Waals surface area contributed by atoms with E-state index in [1.807, 2.05) is 0 Å². The lowest BCUT2D eigenvalue weighted by atomic mass is 9.80. The molecule has 0 aromatic heterocycles. The molecule has 16 nitrogen and oxygen atoms in total. The van der Waals surface area contributed by atoms with Gasteiger partial charge in [-0.25, -0.2) is 4.79 Å². The van der Waals surface area contributed by atoms with Crippen LogP contribution in [0.15, 0.2) is 0 Å². The maximum atomic E-state index is 12.7. The molecular formula is C24H41NO15. The number of esters is 1. The van der Waals surface area contributed by atoms with Gasteiger partial charge in [-0.2, -0.15) is 0 Å². The van der Waals surface area contributed by atoms with Crippen LogP contribution < -0.4 is 5.32 Å². The molecule has 0 unspecified atom stereocenters. The number of aliphatic hydroxyl groups excluding tert-OH is 6. The van der Waals surface area contributed by atoms with Crippen molar-refractivity contribution >= 4 is 17.7 Å². The molecule has 11 atom stereocenters. The highest BCUT2D eigenvalue weighted by Gasteiger charge is 2.56. The topological polar surface area (TPSA) is 251 Å². The summed E-state index contributed by atoms with van der Waals surface area (Å²) in [6, 6.07) is -1.29. The first-order valence-corrected chi connectivity index (χ1v) is 12.8. The van der Waals surface area contributed by atoms with E-state index >= 15 is 0 Å². The molecule has 2 saturated heterocycles. The maximum Gasteiger partial charge on any atom is 0.366 e. The monoisotopic (exact) mass is 583 g/mol. The number of carbonyl (C=O) groups excluding carboxylic acids is 3.